The average Bonchev–Trinajstić information content (AvgIpc) is 2.15. The van der Waals surface area contributed by atoms with Crippen LogP contribution in [0.1, 0.15) is 31.9 Å². The van der Waals surface area contributed by atoms with Crippen LogP contribution in [-0.4, -0.2) is 12.0 Å². The molecule has 1 aliphatic rings. The number of hydrogen-bond acceptors (Lipinski definition) is 3. The third kappa shape index (κ3) is 2.69. The van der Waals surface area contributed by atoms with Crippen LogP contribution in [0.25, 0.3) is 0 Å². The van der Waals surface area contributed by atoms with Crippen LogP contribution in [0.2, 0.25) is 0 Å². The molecule has 2 rings (SSSR count). The Hall–Kier alpha value is -1.43. The van der Waals surface area contributed by atoms with E-state index in [1.165, 1.54) is 12.1 Å². The maximum atomic E-state index is 12.3. The number of fused-ring (bicyclic) bond motifs is 1. The fourth-order valence-electron chi connectivity index (χ4n) is 2.10. The maximum Gasteiger partial charge on any atom is 0.573 e. The molecule has 0 radical (unpaired) electrons. The van der Waals surface area contributed by atoms with E-state index in [9.17, 15) is 13.2 Å². The minimum Gasteiger partial charge on any atom is -0.484 e. The molecule has 18 heavy (non-hydrogen) atoms. The number of halogens is 3. The Balaban J connectivity index is 2.43. The predicted octanol–water partition coefficient (Wildman–Crippen LogP) is 3.15. The molecule has 1 aromatic rings. The van der Waals surface area contributed by atoms with Crippen molar-refractivity contribution in [2.24, 2.45) is 5.73 Å². The molecule has 0 unspecified atom stereocenters. The molecule has 3 nitrogen and oxygen atoms in total. The third-order valence-electron chi connectivity index (χ3n) is 2.72. The van der Waals surface area contributed by atoms with E-state index in [1.807, 2.05) is 0 Å². The van der Waals surface area contributed by atoms with Gasteiger partial charge in [-0.25, -0.2) is 0 Å². The van der Waals surface area contributed by atoms with Crippen molar-refractivity contribution in [3.63, 3.8) is 0 Å². The van der Waals surface area contributed by atoms with Crippen LogP contribution in [0.3, 0.4) is 0 Å². The topological polar surface area (TPSA) is 44.5 Å². The molecule has 0 fully saturated rings. The van der Waals surface area contributed by atoms with E-state index in [2.05, 4.69) is 4.74 Å². The summed E-state index contributed by atoms with van der Waals surface area (Å²) in [4.78, 5) is 0. The van der Waals surface area contributed by atoms with Gasteiger partial charge in [0.25, 0.3) is 0 Å². The first-order valence-electron chi connectivity index (χ1n) is 5.51. The Morgan fingerprint density at radius 1 is 1.39 bits per heavy atom. The highest BCUT2D eigenvalue weighted by Gasteiger charge is 2.37. The lowest BCUT2D eigenvalue weighted by molar-refractivity contribution is -0.275. The number of alkyl halides is 3. The molecule has 1 atom stereocenters. The van der Waals surface area contributed by atoms with Crippen molar-refractivity contribution in [1.29, 1.82) is 0 Å². The van der Waals surface area contributed by atoms with Gasteiger partial charge >= 0.3 is 6.36 Å². The van der Waals surface area contributed by atoms with Gasteiger partial charge in [-0.1, -0.05) is 12.1 Å². The van der Waals surface area contributed by atoms with Gasteiger partial charge < -0.3 is 15.2 Å². The number of hydrogen-bond donors (Lipinski definition) is 1. The quantitative estimate of drug-likeness (QED) is 0.844. The van der Waals surface area contributed by atoms with E-state index >= 15 is 0 Å². The van der Waals surface area contributed by atoms with Crippen molar-refractivity contribution < 1.29 is 22.6 Å². The van der Waals surface area contributed by atoms with Crippen LogP contribution in [-0.2, 0) is 0 Å². The largest absolute Gasteiger partial charge is 0.573 e. The minimum atomic E-state index is -4.75. The zero-order valence-corrected chi connectivity index (χ0v) is 10.0. The molecule has 1 aromatic carbocycles. The number of rotatable bonds is 1. The van der Waals surface area contributed by atoms with Gasteiger partial charge in [0.1, 0.15) is 5.60 Å². The lowest BCUT2D eigenvalue weighted by atomic mass is 9.90. The van der Waals surface area contributed by atoms with E-state index in [4.69, 9.17) is 10.5 Å². The smallest absolute Gasteiger partial charge is 0.484 e. The normalized spacial score (nSPS) is 22.0. The zero-order valence-electron chi connectivity index (χ0n) is 10.0. The second-order valence-corrected chi connectivity index (χ2v) is 4.89. The SMILES string of the molecule is CC1(C)C[C@@H](N)c2cccc(OC(F)(F)F)c2O1. The van der Waals surface area contributed by atoms with E-state index in [0.717, 1.165) is 0 Å². The first kappa shape index (κ1) is 13.0. The standard InChI is InChI=1S/C12H14F3NO2/c1-11(2)6-8(16)7-4-3-5-9(10(7)18-11)17-12(13,14)15/h3-5,8H,6,16H2,1-2H3/t8-/m1/s1. The first-order valence-corrected chi connectivity index (χ1v) is 5.51. The molecular weight excluding hydrogens is 247 g/mol. The van der Waals surface area contributed by atoms with Gasteiger partial charge in [0, 0.05) is 18.0 Å². The van der Waals surface area contributed by atoms with Gasteiger partial charge in [0.15, 0.2) is 11.5 Å². The highest BCUT2D eigenvalue weighted by Crippen LogP contribution is 2.45. The fourth-order valence-corrected chi connectivity index (χ4v) is 2.10. The van der Waals surface area contributed by atoms with Gasteiger partial charge in [-0.05, 0) is 19.9 Å². The van der Waals surface area contributed by atoms with Crippen molar-refractivity contribution in [1.82, 2.24) is 0 Å². The van der Waals surface area contributed by atoms with Gasteiger partial charge in [0.05, 0.1) is 0 Å². The van der Waals surface area contributed by atoms with Crippen LogP contribution in [0.4, 0.5) is 13.2 Å². The van der Waals surface area contributed by atoms with Gasteiger partial charge in [-0.2, -0.15) is 0 Å². The molecule has 6 heteroatoms. The summed E-state index contributed by atoms with van der Waals surface area (Å²) in [5.41, 5.74) is 5.86. The minimum absolute atomic E-state index is 0.0820. The molecule has 0 aromatic heterocycles. The van der Waals surface area contributed by atoms with Gasteiger partial charge in [-0.3, -0.25) is 0 Å². The first-order chi connectivity index (χ1) is 8.18. The van der Waals surface area contributed by atoms with Crippen LogP contribution < -0.4 is 15.2 Å². The van der Waals surface area contributed by atoms with Crippen molar-refractivity contribution in [2.75, 3.05) is 0 Å². The van der Waals surface area contributed by atoms with Crippen molar-refractivity contribution in [3.05, 3.63) is 23.8 Å². The van der Waals surface area contributed by atoms with Gasteiger partial charge in [-0.15, -0.1) is 13.2 Å². The van der Waals surface area contributed by atoms with Gasteiger partial charge in [0.2, 0.25) is 0 Å². The van der Waals surface area contributed by atoms with E-state index < -0.39 is 12.0 Å². The summed E-state index contributed by atoms with van der Waals surface area (Å²) in [7, 11) is 0. The molecule has 0 saturated carbocycles. The highest BCUT2D eigenvalue weighted by molar-refractivity contribution is 5.49. The molecule has 0 aliphatic carbocycles. The Kier molecular flexibility index (Phi) is 2.93. The Morgan fingerprint density at radius 2 is 2.06 bits per heavy atom. The van der Waals surface area contributed by atoms with Crippen molar-refractivity contribution in [2.45, 2.75) is 38.3 Å². The molecule has 0 bridgehead atoms. The summed E-state index contributed by atoms with van der Waals surface area (Å²) < 4.78 is 46.4. The highest BCUT2D eigenvalue weighted by atomic mass is 19.4. The Labute approximate surface area is 103 Å². The maximum absolute atomic E-state index is 12.3. The summed E-state index contributed by atoms with van der Waals surface area (Å²) in [5.74, 6) is -0.262. The lowest BCUT2D eigenvalue weighted by Crippen LogP contribution is -2.37. The van der Waals surface area contributed by atoms with Crippen LogP contribution in [0, 0.1) is 0 Å². The monoisotopic (exact) mass is 261 g/mol. The van der Waals surface area contributed by atoms with Crippen molar-refractivity contribution in [3.8, 4) is 11.5 Å². The molecule has 2 N–H and O–H groups in total. The second kappa shape index (κ2) is 4.05. The molecule has 1 heterocycles. The summed E-state index contributed by atoms with van der Waals surface area (Å²) in [5, 5.41) is 0. The summed E-state index contributed by atoms with van der Waals surface area (Å²) in [6, 6.07) is 3.99. The second-order valence-electron chi connectivity index (χ2n) is 4.89. The molecule has 1 aliphatic heterocycles. The van der Waals surface area contributed by atoms with E-state index in [0.29, 0.717) is 12.0 Å². The molecular formula is C12H14F3NO2. The van der Waals surface area contributed by atoms with Crippen LogP contribution in [0.5, 0.6) is 11.5 Å². The Bertz CT molecular complexity index is 457. The summed E-state index contributed by atoms with van der Waals surface area (Å²) >= 11 is 0. The number of benzene rings is 1. The van der Waals surface area contributed by atoms with E-state index in [-0.39, 0.29) is 17.5 Å². The number of ether oxygens (including phenoxy) is 2. The Morgan fingerprint density at radius 3 is 2.67 bits per heavy atom. The molecule has 0 saturated heterocycles. The molecule has 0 amide bonds. The average molecular weight is 261 g/mol. The third-order valence-corrected chi connectivity index (χ3v) is 2.72. The van der Waals surface area contributed by atoms with Crippen LogP contribution >= 0.6 is 0 Å². The number of nitrogens with two attached hydrogens (primary N) is 1. The van der Waals surface area contributed by atoms with Crippen LogP contribution in [0.15, 0.2) is 18.2 Å². The van der Waals surface area contributed by atoms with Crippen molar-refractivity contribution >= 4 is 0 Å². The van der Waals surface area contributed by atoms with E-state index in [1.54, 1.807) is 19.9 Å². The zero-order chi connectivity index (χ0) is 13.6. The lowest BCUT2D eigenvalue weighted by Gasteiger charge is -2.36. The molecule has 100 valence electrons. The number of para-hydroxylation sites is 1. The predicted molar refractivity (Wildman–Crippen MR) is 59.4 cm³/mol. The summed E-state index contributed by atoms with van der Waals surface area (Å²) in [6.07, 6.45) is -4.21. The summed E-state index contributed by atoms with van der Waals surface area (Å²) in [6.45, 7) is 3.56. The fraction of sp³-hybridized carbons (Fsp3) is 0.500. The molecule has 0 spiro atoms.